The molecule has 0 unspecified atom stereocenters. The van der Waals surface area contributed by atoms with Gasteiger partial charge in [0, 0.05) is 44.0 Å². The predicted octanol–water partition coefficient (Wildman–Crippen LogP) is 6.33. The van der Waals surface area contributed by atoms with Crippen molar-refractivity contribution in [3.8, 4) is 11.1 Å². The molecule has 0 bridgehead atoms. The Morgan fingerprint density at radius 3 is 2.34 bits per heavy atom. The van der Waals surface area contributed by atoms with Crippen LogP contribution in [0.2, 0.25) is 10.0 Å². The molecule has 1 fully saturated rings. The van der Waals surface area contributed by atoms with E-state index < -0.39 is 0 Å². The molecule has 4 heteroatoms. The van der Waals surface area contributed by atoms with E-state index in [4.69, 9.17) is 23.2 Å². The highest BCUT2D eigenvalue weighted by Gasteiger charge is 2.19. The van der Waals surface area contributed by atoms with Gasteiger partial charge in [0.15, 0.2) is 0 Å². The fourth-order valence-corrected chi connectivity index (χ4v) is 4.32. The van der Waals surface area contributed by atoms with E-state index in [0.29, 0.717) is 10.0 Å². The number of hydrogen-bond acceptors (Lipinski definition) is 2. The maximum Gasteiger partial charge on any atom is 0.0595 e. The zero-order valence-corrected chi connectivity index (χ0v) is 18.3. The molecule has 0 aromatic heterocycles. The molecule has 1 aliphatic rings. The van der Waals surface area contributed by atoms with E-state index >= 15 is 0 Å². The molecule has 29 heavy (non-hydrogen) atoms. The summed E-state index contributed by atoms with van der Waals surface area (Å²) in [4.78, 5) is 5.06. The third-order valence-corrected chi connectivity index (χ3v) is 6.39. The largest absolute Gasteiger partial charge is 0.368 e. The Kier molecular flexibility index (Phi) is 6.44. The summed E-state index contributed by atoms with van der Waals surface area (Å²) in [5.74, 6) is 0. The van der Waals surface area contributed by atoms with E-state index in [2.05, 4.69) is 71.3 Å². The highest BCUT2D eigenvalue weighted by molar-refractivity contribution is 6.42. The second-order valence-corrected chi connectivity index (χ2v) is 8.53. The molecule has 1 saturated heterocycles. The molecule has 0 atom stereocenters. The van der Waals surface area contributed by atoms with Crippen LogP contribution in [-0.2, 0) is 6.42 Å². The van der Waals surface area contributed by atoms with E-state index in [1.54, 1.807) is 0 Å². The number of halogens is 2. The maximum atomic E-state index is 6.15. The van der Waals surface area contributed by atoms with Crippen molar-refractivity contribution in [2.24, 2.45) is 0 Å². The zero-order valence-electron chi connectivity index (χ0n) is 16.7. The minimum absolute atomic E-state index is 0.622. The van der Waals surface area contributed by atoms with Crippen LogP contribution in [0.3, 0.4) is 0 Å². The molecule has 0 radical (unpaired) electrons. The molecular formula is C25H26Cl2N2. The van der Waals surface area contributed by atoms with Gasteiger partial charge in [-0.15, -0.1) is 0 Å². The number of para-hydroxylation sites is 1. The van der Waals surface area contributed by atoms with Gasteiger partial charge in [0.2, 0.25) is 0 Å². The smallest absolute Gasteiger partial charge is 0.0595 e. The molecule has 0 amide bonds. The average molecular weight is 425 g/mol. The number of hydrogen-bond donors (Lipinski definition) is 0. The molecule has 0 aliphatic carbocycles. The lowest BCUT2D eigenvalue weighted by Gasteiger charge is -2.37. The first-order chi connectivity index (χ1) is 14.1. The van der Waals surface area contributed by atoms with Gasteiger partial charge in [-0.3, -0.25) is 4.90 Å². The Morgan fingerprint density at radius 2 is 1.59 bits per heavy atom. The molecule has 2 nitrogen and oxygen atoms in total. The number of aryl methyl sites for hydroxylation is 1. The molecule has 3 aromatic rings. The van der Waals surface area contributed by atoms with Crippen molar-refractivity contribution in [3.05, 3.63) is 87.9 Å². The molecule has 1 aliphatic heterocycles. The number of piperazine rings is 1. The number of anilines is 1. The van der Waals surface area contributed by atoms with Crippen molar-refractivity contribution < 1.29 is 0 Å². The summed E-state index contributed by atoms with van der Waals surface area (Å²) in [6.07, 6.45) is 0.997. The molecule has 0 saturated carbocycles. The van der Waals surface area contributed by atoms with Gasteiger partial charge in [-0.05, 0) is 42.7 Å². The number of nitrogens with zero attached hydrogens (tertiary/aromatic N) is 2. The van der Waals surface area contributed by atoms with Gasteiger partial charge in [-0.25, -0.2) is 0 Å². The van der Waals surface area contributed by atoms with Gasteiger partial charge in [-0.2, -0.15) is 0 Å². The normalized spacial score (nSPS) is 14.9. The van der Waals surface area contributed by atoms with Crippen molar-refractivity contribution in [2.45, 2.75) is 13.3 Å². The standard InChI is InChI=1S/C25H26Cl2N2/c1-19-5-4-6-21(17-19)22-7-2-3-8-25(22)29-15-13-28(14-16-29)12-11-20-9-10-23(26)24(27)18-20/h2-10,17-18H,11-16H2,1H3. The summed E-state index contributed by atoms with van der Waals surface area (Å²) in [7, 11) is 0. The molecule has 1 heterocycles. The summed E-state index contributed by atoms with van der Waals surface area (Å²) in [5.41, 5.74) is 6.49. The van der Waals surface area contributed by atoms with Crippen molar-refractivity contribution in [2.75, 3.05) is 37.6 Å². The number of benzene rings is 3. The first kappa shape index (κ1) is 20.3. The van der Waals surface area contributed by atoms with Crippen LogP contribution in [0.4, 0.5) is 5.69 Å². The molecule has 0 N–H and O–H groups in total. The fourth-order valence-electron chi connectivity index (χ4n) is 4.00. The molecule has 4 rings (SSSR count). The van der Waals surface area contributed by atoms with Crippen LogP contribution in [0.1, 0.15) is 11.1 Å². The third kappa shape index (κ3) is 4.95. The van der Waals surface area contributed by atoms with E-state index in [-0.39, 0.29) is 0 Å². The van der Waals surface area contributed by atoms with Crippen LogP contribution < -0.4 is 4.90 Å². The lowest BCUT2D eigenvalue weighted by molar-refractivity contribution is 0.261. The SMILES string of the molecule is Cc1cccc(-c2ccccc2N2CCN(CCc3ccc(Cl)c(Cl)c3)CC2)c1. The van der Waals surface area contributed by atoms with Crippen LogP contribution in [0.5, 0.6) is 0 Å². The van der Waals surface area contributed by atoms with Gasteiger partial charge < -0.3 is 4.90 Å². The summed E-state index contributed by atoms with van der Waals surface area (Å²) in [6, 6.07) is 23.5. The quantitative estimate of drug-likeness (QED) is 0.471. The molecule has 3 aromatic carbocycles. The third-order valence-electron chi connectivity index (χ3n) is 5.65. The Labute approximate surface area is 183 Å². The van der Waals surface area contributed by atoms with Crippen LogP contribution in [0.15, 0.2) is 66.7 Å². The lowest BCUT2D eigenvalue weighted by atomic mass is 10.0. The van der Waals surface area contributed by atoms with Gasteiger partial charge in [0.1, 0.15) is 0 Å². The van der Waals surface area contributed by atoms with Crippen molar-refractivity contribution >= 4 is 28.9 Å². The second kappa shape index (κ2) is 9.21. The van der Waals surface area contributed by atoms with Crippen molar-refractivity contribution in [1.29, 1.82) is 0 Å². The monoisotopic (exact) mass is 424 g/mol. The molecular weight excluding hydrogens is 399 g/mol. The van der Waals surface area contributed by atoms with Gasteiger partial charge >= 0.3 is 0 Å². The van der Waals surface area contributed by atoms with Crippen LogP contribution in [-0.4, -0.2) is 37.6 Å². The predicted molar refractivity (Wildman–Crippen MR) is 125 cm³/mol. The fraction of sp³-hybridized carbons (Fsp3) is 0.280. The minimum Gasteiger partial charge on any atom is -0.368 e. The van der Waals surface area contributed by atoms with Crippen LogP contribution in [0, 0.1) is 6.92 Å². The van der Waals surface area contributed by atoms with Crippen LogP contribution in [0.25, 0.3) is 11.1 Å². The average Bonchev–Trinajstić information content (AvgIpc) is 2.75. The van der Waals surface area contributed by atoms with Gasteiger partial charge in [0.05, 0.1) is 10.0 Å². The first-order valence-corrected chi connectivity index (χ1v) is 10.9. The van der Waals surface area contributed by atoms with Gasteiger partial charge in [0.25, 0.3) is 0 Å². The van der Waals surface area contributed by atoms with E-state index in [1.807, 2.05) is 12.1 Å². The summed E-state index contributed by atoms with van der Waals surface area (Å²) >= 11 is 12.2. The zero-order chi connectivity index (χ0) is 20.2. The lowest BCUT2D eigenvalue weighted by Crippen LogP contribution is -2.47. The first-order valence-electron chi connectivity index (χ1n) is 10.2. The topological polar surface area (TPSA) is 6.48 Å². The Morgan fingerprint density at radius 1 is 0.793 bits per heavy atom. The highest BCUT2D eigenvalue weighted by Crippen LogP contribution is 2.32. The maximum absolute atomic E-state index is 6.15. The Balaban J connectivity index is 1.39. The minimum atomic E-state index is 0.622. The Hall–Kier alpha value is -2.00. The van der Waals surface area contributed by atoms with Crippen molar-refractivity contribution in [3.63, 3.8) is 0 Å². The number of rotatable bonds is 5. The summed E-state index contributed by atoms with van der Waals surface area (Å²) in [5, 5.41) is 1.26. The van der Waals surface area contributed by atoms with E-state index in [9.17, 15) is 0 Å². The van der Waals surface area contributed by atoms with E-state index in [0.717, 1.165) is 39.1 Å². The molecule has 150 valence electrons. The summed E-state index contributed by atoms with van der Waals surface area (Å²) < 4.78 is 0. The molecule has 0 spiro atoms. The highest BCUT2D eigenvalue weighted by atomic mass is 35.5. The van der Waals surface area contributed by atoms with Crippen LogP contribution >= 0.6 is 23.2 Å². The summed E-state index contributed by atoms with van der Waals surface area (Å²) in [6.45, 7) is 7.44. The van der Waals surface area contributed by atoms with Crippen molar-refractivity contribution in [1.82, 2.24) is 4.90 Å². The van der Waals surface area contributed by atoms with Gasteiger partial charge in [-0.1, -0.05) is 77.3 Å². The Bertz CT molecular complexity index is 978. The van der Waals surface area contributed by atoms with E-state index in [1.165, 1.54) is 27.9 Å². The second-order valence-electron chi connectivity index (χ2n) is 7.71.